The first kappa shape index (κ1) is 12.8. The quantitative estimate of drug-likeness (QED) is 0.749. The molecule has 0 saturated carbocycles. The molecule has 1 fully saturated rings. The molecule has 0 bridgehead atoms. The Kier molecular flexibility index (Phi) is 2.95. The first-order valence-corrected chi connectivity index (χ1v) is 7.41. The summed E-state index contributed by atoms with van der Waals surface area (Å²) in [6, 6.07) is 0.920. The summed E-state index contributed by atoms with van der Waals surface area (Å²) in [6.45, 7) is 1.13. The van der Waals surface area contributed by atoms with Gasteiger partial charge in [-0.1, -0.05) is 0 Å². The van der Waals surface area contributed by atoms with Gasteiger partial charge in [0.15, 0.2) is 0 Å². The summed E-state index contributed by atoms with van der Waals surface area (Å²) in [5.74, 6) is -0.760. The lowest BCUT2D eigenvalue weighted by atomic mass is 9.94. The first-order chi connectivity index (χ1) is 9.01. The van der Waals surface area contributed by atoms with Crippen LogP contribution in [0, 0.1) is 5.82 Å². The average Bonchev–Trinajstić information content (AvgIpc) is 2.49. The van der Waals surface area contributed by atoms with Gasteiger partial charge in [0.25, 0.3) is 0 Å². The molecule has 1 spiro atoms. The van der Waals surface area contributed by atoms with E-state index in [0.717, 1.165) is 12.3 Å². The molecule has 8 heteroatoms. The number of halogens is 1. The summed E-state index contributed by atoms with van der Waals surface area (Å²) in [6.07, 6.45) is 2.08. The molecule has 1 aromatic rings. The van der Waals surface area contributed by atoms with Crippen LogP contribution in [-0.4, -0.2) is 38.8 Å². The molecule has 2 aliphatic heterocycles. The summed E-state index contributed by atoms with van der Waals surface area (Å²) >= 11 is 0. The van der Waals surface area contributed by atoms with Gasteiger partial charge in [0, 0.05) is 18.9 Å². The second-order valence-corrected chi connectivity index (χ2v) is 6.41. The van der Waals surface area contributed by atoms with E-state index in [9.17, 15) is 12.8 Å². The minimum Gasteiger partial charge on any atom is -0.469 e. The molecule has 0 amide bonds. The zero-order chi connectivity index (χ0) is 13.5. The van der Waals surface area contributed by atoms with Crippen LogP contribution in [0.3, 0.4) is 0 Å². The van der Waals surface area contributed by atoms with Gasteiger partial charge in [0.05, 0.1) is 26.0 Å². The van der Waals surface area contributed by atoms with E-state index in [2.05, 4.69) is 9.71 Å². The van der Waals surface area contributed by atoms with Crippen LogP contribution in [0.1, 0.15) is 12.8 Å². The smallest absolute Gasteiger partial charge is 0.246 e. The Hall–Kier alpha value is -1.25. The van der Waals surface area contributed by atoms with Crippen molar-refractivity contribution in [3.8, 4) is 5.88 Å². The molecular formula is C11H13FN2O4S. The van der Waals surface area contributed by atoms with Crippen LogP contribution in [0.4, 0.5) is 4.39 Å². The van der Waals surface area contributed by atoms with Crippen LogP contribution in [0.15, 0.2) is 17.2 Å². The Labute approximate surface area is 110 Å². The van der Waals surface area contributed by atoms with E-state index in [4.69, 9.17) is 9.47 Å². The Morgan fingerprint density at radius 1 is 1.37 bits per heavy atom. The van der Waals surface area contributed by atoms with Crippen molar-refractivity contribution in [2.75, 3.05) is 19.8 Å². The molecule has 1 aromatic heterocycles. The highest BCUT2D eigenvalue weighted by atomic mass is 32.2. The van der Waals surface area contributed by atoms with Gasteiger partial charge in [0.2, 0.25) is 15.9 Å². The predicted molar refractivity (Wildman–Crippen MR) is 62.8 cm³/mol. The molecule has 6 nitrogen and oxygen atoms in total. The number of nitrogens with one attached hydrogen (secondary N) is 1. The highest BCUT2D eigenvalue weighted by Gasteiger charge is 2.41. The highest BCUT2D eigenvalue weighted by molar-refractivity contribution is 7.89. The minimum absolute atomic E-state index is 0.0479. The van der Waals surface area contributed by atoms with Crippen molar-refractivity contribution in [3.63, 3.8) is 0 Å². The van der Waals surface area contributed by atoms with Crippen molar-refractivity contribution in [1.29, 1.82) is 0 Å². The lowest BCUT2D eigenvalue weighted by molar-refractivity contribution is -0.0443. The van der Waals surface area contributed by atoms with Crippen molar-refractivity contribution in [3.05, 3.63) is 18.1 Å². The molecule has 0 atom stereocenters. The third kappa shape index (κ3) is 2.31. The Balaban J connectivity index is 2.06. The van der Waals surface area contributed by atoms with E-state index >= 15 is 0 Å². The van der Waals surface area contributed by atoms with E-state index in [0.29, 0.717) is 26.1 Å². The molecular weight excluding hydrogens is 275 g/mol. The fourth-order valence-corrected chi connectivity index (χ4v) is 3.45. The van der Waals surface area contributed by atoms with Gasteiger partial charge in [-0.25, -0.2) is 22.5 Å². The van der Waals surface area contributed by atoms with Crippen LogP contribution in [0.2, 0.25) is 0 Å². The van der Waals surface area contributed by atoms with Crippen LogP contribution in [-0.2, 0) is 14.8 Å². The first-order valence-electron chi connectivity index (χ1n) is 5.93. The number of pyridine rings is 1. The predicted octanol–water partition coefficient (Wildman–Crippen LogP) is 0.441. The number of hydrogen-bond donors (Lipinski definition) is 1. The van der Waals surface area contributed by atoms with Crippen molar-refractivity contribution in [1.82, 2.24) is 9.71 Å². The standard InChI is InChI=1S/C11H13FN2O4S/c12-8-5-9-10(13-6-8)18-11(1-3-17-4-2-11)7-14-19(9,15)16/h5-6,14H,1-4,7H2. The van der Waals surface area contributed by atoms with E-state index < -0.39 is 21.4 Å². The van der Waals surface area contributed by atoms with Crippen LogP contribution >= 0.6 is 0 Å². The maximum absolute atomic E-state index is 13.2. The summed E-state index contributed by atoms with van der Waals surface area (Å²) in [5, 5.41) is 0. The summed E-state index contributed by atoms with van der Waals surface area (Å²) in [4.78, 5) is 3.51. The zero-order valence-corrected chi connectivity index (χ0v) is 10.9. The third-order valence-electron chi connectivity index (χ3n) is 3.38. The van der Waals surface area contributed by atoms with E-state index in [-0.39, 0.29) is 17.3 Å². The highest BCUT2D eigenvalue weighted by Crippen LogP contribution is 2.33. The van der Waals surface area contributed by atoms with Gasteiger partial charge in [-0.05, 0) is 0 Å². The fraction of sp³-hybridized carbons (Fsp3) is 0.545. The van der Waals surface area contributed by atoms with Crippen LogP contribution < -0.4 is 9.46 Å². The zero-order valence-electron chi connectivity index (χ0n) is 10.1. The van der Waals surface area contributed by atoms with Crippen molar-refractivity contribution >= 4 is 10.0 Å². The number of aromatic nitrogens is 1. The summed E-state index contributed by atoms with van der Waals surface area (Å²) < 4.78 is 50.7. The normalized spacial score (nSPS) is 24.3. The molecule has 3 rings (SSSR count). The molecule has 0 radical (unpaired) electrons. The van der Waals surface area contributed by atoms with Crippen molar-refractivity contribution in [2.45, 2.75) is 23.3 Å². The molecule has 3 heterocycles. The van der Waals surface area contributed by atoms with Gasteiger partial charge in [-0.2, -0.15) is 0 Å². The molecule has 1 saturated heterocycles. The van der Waals surface area contributed by atoms with E-state index in [1.54, 1.807) is 0 Å². The second kappa shape index (κ2) is 4.39. The fourth-order valence-electron chi connectivity index (χ4n) is 2.25. The largest absolute Gasteiger partial charge is 0.469 e. The lowest BCUT2D eigenvalue weighted by Gasteiger charge is -2.35. The SMILES string of the molecule is O=S1(=O)NCC2(CCOCC2)Oc2ncc(F)cc21. The Morgan fingerprint density at radius 3 is 2.84 bits per heavy atom. The van der Waals surface area contributed by atoms with Gasteiger partial charge in [-0.3, -0.25) is 0 Å². The number of ether oxygens (including phenoxy) is 2. The van der Waals surface area contributed by atoms with Crippen molar-refractivity contribution in [2.24, 2.45) is 0 Å². The number of hydrogen-bond acceptors (Lipinski definition) is 5. The summed E-state index contributed by atoms with van der Waals surface area (Å²) in [7, 11) is -3.79. The van der Waals surface area contributed by atoms with Crippen LogP contribution in [0.25, 0.3) is 0 Å². The Morgan fingerprint density at radius 2 is 2.11 bits per heavy atom. The number of fused-ring (bicyclic) bond motifs is 1. The van der Waals surface area contributed by atoms with Gasteiger partial charge < -0.3 is 9.47 Å². The molecule has 0 aliphatic carbocycles. The van der Waals surface area contributed by atoms with Gasteiger partial charge in [-0.15, -0.1) is 0 Å². The molecule has 19 heavy (non-hydrogen) atoms. The maximum atomic E-state index is 13.2. The van der Waals surface area contributed by atoms with E-state index in [1.165, 1.54) is 0 Å². The molecule has 1 N–H and O–H groups in total. The number of nitrogens with zero attached hydrogens (tertiary/aromatic N) is 1. The third-order valence-corrected chi connectivity index (χ3v) is 4.77. The maximum Gasteiger partial charge on any atom is 0.246 e. The average molecular weight is 288 g/mol. The van der Waals surface area contributed by atoms with Gasteiger partial charge >= 0.3 is 0 Å². The number of rotatable bonds is 0. The Bertz CT molecular complexity index is 599. The monoisotopic (exact) mass is 288 g/mol. The molecule has 0 unspecified atom stereocenters. The number of sulfonamides is 1. The van der Waals surface area contributed by atoms with Gasteiger partial charge in [0.1, 0.15) is 16.3 Å². The topological polar surface area (TPSA) is 77.5 Å². The minimum atomic E-state index is -3.79. The molecule has 104 valence electrons. The second-order valence-electron chi connectivity index (χ2n) is 4.68. The van der Waals surface area contributed by atoms with Crippen molar-refractivity contribution < 1.29 is 22.3 Å². The van der Waals surface area contributed by atoms with Crippen LogP contribution in [0.5, 0.6) is 5.88 Å². The molecule has 2 aliphatic rings. The summed E-state index contributed by atoms with van der Waals surface area (Å²) in [5.41, 5.74) is -0.665. The lowest BCUT2D eigenvalue weighted by Crippen LogP contribution is -2.49. The van der Waals surface area contributed by atoms with E-state index in [1.807, 2.05) is 0 Å². The molecule has 0 aromatic carbocycles.